The Morgan fingerprint density at radius 3 is 2.53 bits per heavy atom. The van der Waals surface area contributed by atoms with Gasteiger partial charge in [0.2, 0.25) is 5.91 Å². The molecule has 38 heavy (non-hydrogen) atoms. The monoisotopic (exact) mass is 548 g/mol. The summed E-state index contributed by atoms with van der Waals surface area (Å²) in [7, 11) is 1.61. The van der Waals surface area contributed by atoms with Crippen molar-refractivity contribution in [3.8, 4) is 5.75 Å². The van der Waals surface area contributed by atoms with Crippen LogP contribution in [0.5, 0.6) is 5.75 Å². The average Bonchev–Trinajstić information content (AvgIpc) is 2.90. The number of amides is 2. The molecule has 196 valence electrons. The number of halogens is 1. The number of amidine groups is 1. The molecule has 7 nitrogen and oxygen atoms in total. The predicted octanol–water partition coefficient (Wildman–Crippen LogP) is 6.25. The van der Waals surface area contributed by atoms with Crippen LogP contribution in [-0.2, 0) is 9.59 Å². The Morgan fingerprint density at radius 1 is 1.03 bits per heavy atom. The summed E-state index contributed by atoms with van der Waals surface area (Å²) in [4.78, 5) is 31.0. The van der Waals surface area contributed by atoms with Crippen LogP contribution >= 0.6 is 23.4 Å². The molecule has 0 spiro atoms. The van der Waals surface area contributed by atoms with Crippen LogP contribution in [0.1, 0.15) is 29.7 Å². The van der Waals surface area contributed by atoms with Crippen LogP contribution in [0.4, 0.5) is 11.4 Å². The van der Waals surface area contributed by atoms with E-state index in [9.17, 15) is 9.59 Å². The highest BCUT2D eigenvalue weighted by molar-refractivity contribution is 8.14. The Hall–Kier alpha value is -3.75. The molecule has 0 saturated heterocycles. The quantitative estimate of drug-likeness (QED) is 0.324. The number of rotatable bonds is 7. The minimum Gasteiger partial charge on any atom is -0.496 e. The zero-order chi connectivity index (χ0) is 27.2. The lowest BCUT2D eigenvalue weighted by molar-refractivity contribution is -0.114. The molecule has 1 heterocycles. The molecular weight excluding hydrogens is 520 g/mol. The van der Waals surface area contributed by atoms with Crippen molar-refractivity contribution in [2.45, 2.75) is 26.8 Å². The summed E-state index contributed by atoms with van der Waals surface area (Å²) < 4.78 is 5.53. The Kier molecular flexibility index (Phi) is 8.76. The van der Waals surface area contributed by atoms with E-state index in [1.54, 1.807) is 19.2 Å². The van der Waals surface area contributed by atoms with Gasteiger partial charge < -0.3 is 20.7 Å². The van der Waals surface area contributed by atoms with Gasteiger partial charge in [-0.3, -0.25) is 9.59 Å². The van der Waals surface area contributed by atoms with E-state index in [0.29, 0.717) is 38.6 Å². The summed E-state index contributed by atoms with van der Waals surface area (Å²) in [5.41, 5.74) is 5.10. The van der Waals surface area contributed by atoms with Crippen molar-refractivity contribution in [3.63, 3.8) is 0 Å². The number of aliphatic imine (C=N–C) groups is 1. The summed E-state index contributed by atoms with van der Waals surface area (Å²) in [5, 5.41) is 10.2. The van der Waals surface area contributed by atoms with Gasteiger partial charge in [0.15, 0.2) is 5.17 Å². The molecule has 3 aromatic rings. The van der Waals surface area contributed by atoms with Crippen LogP contribution in [0.15, 0.2) is 83.0 Å². The number of hydrogen-bond acceptors (Lipinski definition) is 6. The number of nitrogens with zero attached hydrogens (tertiary/aromatic N) is 1. The van der Waals surface area contributed by atoms with E-state index in [1.807, 2.05) is 75.4 Å². The maximum atomic E-state index is 13.4. The molecule has 3 aromatic carbocycles. The van der Waals surface area contributed by atoms with E-state index < -0.39 is 6.04 Å². The maximum absolute atomic E-state index is 13.4. The fourth-order valence-corrected chi connectivity index (χ4v) is 4.97. The number of anilines is 2. The van der Waals surface area contributed by atoms with E-state index >= 15 is 0 Å². The second-order valence-corrected chi connectivity index (χ2v) is 10.2. The number of benzene rings is 3. The fraction of sp³-hybridized carbons (Fsp3) is 0.207. The Morgan fingerprint density at radius 2 is 1.79 bits per heavy atom. The van der Waals surface area contributed by atoms with Gasteiger partial charge in [0, 0.05) is 22.1 Å². The van der Waals surface area contributed by atoms with E-state index in [-0.39, 0.29) is 17.6 Å². The van der Waals surface area contributed by atoms with Crippen molar-refractivity contribution in [1.82, 2.24) is 5.32 Å². The van der Waals surface area contributed by atoms with Gasteiger partial charge in [-0.1, -0.05) is 59.8 Å². The summed E-state index contributed by atoms with van der Waals surface area (Å²) in [6.45, 7) is 5.65. The third-order valence-electron chi connectivity index (χ3n) is 6.12. The van der Waals surface area contributed by atoms with Crippen molar-refractivity contribution in [2.24, 2.45) is 4.99 Å². The summed E-state index contributed by atoms with van der Waals surface area (Å²) in [6.07, 6.45) is 0. The van der Waals surface area contributed by atoms with Crippen LogP contribution in [0, 0.1) is 13.8 Å². The van der Waals surface area contributed by atoms with E-state index in [1.165, 1.54) is 11.8 Å². The zero-order valence-corrected chi connectivity index (χ0v) is 23.2. The Bertz CT molecular complexity index is 1420. The minimum absolute atomic E-state index is 0.126. The van der Waals surface area contributed by atoms with Crippen LogP contribution in [0.25, 0.3) is 0 Å². The highest BCUT2D eigenvalue weighted by atomic mass is 35.5. The summed E-state index contributed by atoms with van der Waals surface area (Å²) in [6, 6.07) is 19.9. The summed E-state index contributed by atoms with van der Waals surface area (Å²) in [5.74, 6) is 0.392. The number of allylic oxidation sites excluding steroid dienone is 1. The third-order valence-corrected chi connectivity index (χ3v) is 7.42. The largest absolute Gasteiger partial charge is 0.496 e. The molecule has 0 aliphatic carbocycles. The molecule has 1 atom stereocenters. The maximum Gasteiger partial charge on any atom is 0.255 e. The first-order valence-corrected chi connectivity index (χ1v) is 13.4. The topological polar surface area (TPSA) is 91.8 Å². The van der Waals surface area contributed by atoms with Gasteiger partial charge in [-0.05, 0) is 67.8 Å². The number of para-hydroxylation sites is 1. The SMILES string of the molecule is COc1cc([C@@H]2N=C(SCC(=O)Nc3cccc(Cl)c3C)NC(C)=C2C(=O)Nc2ccccc2)ccc1C. The first-order valence-electron chi connectivity index (χ1n) is 12.0. The van der Waals surface area contributed by atoms with Gasteiger partial charge in [0.05, 0.1) is 18.4 Å². The van der Waals surface area contributed by atoms with Crippen molar-refractivity contribution in [1.29, 1.82) is 0 Å². The summed E-state index contributed by atoms with van der Waals surface area (Å²) >= 11 is 7.44. The molecule has 0 unspecified atom stereocenters. The number of nitrogens with one attached hydrogen (secondary N) is 3. The van der Waals surface area contributed by atoms with E-state index in [0.717, 1.165) is 16.7 Å². The minimum atomic E-state index is -0.588. The lowest BCUT2D eigenvalue weighted by Crippen LogP contribution is -2.32. The normalized spacial score (nSPS) is 14.9. The third kappa shape index (κ3) is 6.38. The van der Waals surface area contributed by atoms with Crippen molar-refractivity contribution in [2.75, 3.05) is 23.5 Å². The van der Waals surface area contributed by atoms with Gasteiger partial charge in [0.25, 0.3) is 5.91 Å². The van der Waals surface area contributed by atoms with Gasteiger partial charge in [0.1, 0.15) is 11.8 Å². The molecule has 0 aromatic heterocycles. The molecule has 9 heteroatoms. The molecule has 0 fully saturated rings. The Labute approximate surface area is 231 Å². The average molecular weight is 549 g/mol. The highest BCUT2D eigenvalue weighted by Crippen LogP contribution is 2.35. The lowest BCUT2D eigenvalue weighted by atomic mass is 9.94. The van der Waals surface area contributed by atoms with E-state index in [4.69, 9.17) is 21.3 Å². The van der Waals surface area contributed by atoms with Crippen molar-refractivity contribution >= 4 is 51.7 Å². The molecule has 4 rings (SSSR count). The first-order chi connectivity index (χ1) is 18.3. The van der Waals surface area contributed by atoms with Crippen LogP contribution in [0.2, 0.25) is 5.02 Å². The number of methoxy groups -OCH3 is 1. The fourth-order valence-electron chi connectivity index (χ4n) is 4.05. The molecular formula is C29H29ClN4O3S. The Balaban J connectivity index is 1.58. The lowest BCUT2D eigenvalue weighted by Gasteiger charge is -2.27. The first kappa shape index (κ1) is 27.3. The van der Waals surface area contributed by atoms with Gasteiger partial charge in [-0.25, -0.2) is 4.99 Å². The zero-order valence-electron chi connectivity index (χ0n) is 21.6. The molecule has 0 radical (unpaired) electrons. The van der Waals surface area contributed by atoms with Crippen LogP contribution in [0.3, 0.4) is 0 Å². The smallest absolute Gasteiger partial charge is 0.255 e. The number of hydrogen-bond donors (Lipinski definition) is 3. The van der Waals surface area contributed by atoms with Crippen molar-refractivity contribution < 1.29 is 14.3 Å². The standard InChI is InChI=1S/C29H29ClN4O3S/c1-17-13-14-20(15-24(17)37-4)27-26(28(36)32-21-9-6-5-7-10-21)19(3)31-29(34-27)38-16-25(35)33-23-12-8-11-22(30)18(23)2/h5-15,27H,16H2,1-4H3,(H,31,34)(H,32,36)(H,33,35)/t27-/m0/s1. The molecule has 1 aliphatic rings. The number of carbonyl (C=O) groups excluding carboxylic acids is 2. The van der Waals surface area contributed by atoms with Crippen LogP contribution in [-0.4, -0.2) is 29.8 Å². The number of carbonyl (C=O) groups is 2. The van der Waals surface area contributed by atoms with Crippen molar-refractivity contribution in [3.05, 3.63) is 99.7 Å². The number of aryl methyl sites for hydroxylation is 1. The molecule has 0 bridgehead atoms. The molecule has 1 aliphatic heterocycles. The predicted molar refractivity (Wildman–Crippen MR) is 156 cm³/mol. The molecule has 2 amide bonds. The number of thioether (sulfide) groups is 1. The van der Waals surface area contributed by atoms with Gasteiger partial charge >= 0.3 is 0 Å². The van der Waals surface area contributed by atoms with Gasteiger partial charge in [-0.2, -0.15) is 0 Å². The van der Waals surface area contributed by atoms with E-state index in [2.05, 4.69) is 16.0 Å². The molecule has 0 saturated carbocycles. The van der Waals surface area contributed by atoms with Gasteiger partial charge in [-0.15, -0.1) is 0 Å². The molecule has 3 N–H and O–H groups in total. The second-order valence-electron chi connectivity index (χ2n) is 8.80. The highest BCUT2D eigenvalue weighted by Gasteiger charge is 2.30. The van der Waals surface area contributed by atoms with Crippen LogP contribution < -0.4 is 20.7 Å². The number of ether oxygens (including phenoxy) is 1. The second kappa shape index (κ2) is 12.2.